The first kappa shape index (κ1) is 19.5. The van der Waals surface area contributed by atoms with E-state index < -0.39 is 6.16 Å². The first-order chi connectivity index (χ1) is 11.3. The summed E-state index contributed by atoms with van der Waals surface area (Å²) in [6.07, 6.45) is 11.6. The fourth-order valence-electron chi connectivity index (χ4n) is 2.44. The summed E-state index contributed by atoms with van der Waals surface area (Å²) in [5.41, 5.74) is 1.30. The molecule has 23 heavy (non-hydrogen) atoms. The Morgan fingerprint density at radius 2 is 1.43 bits per heavy atom. The van der Waals surface area contributed by atoms with E-state index in [0.717, 1.165) is 19.3 Å². The van der Waals surface area contributed by atoms with Crippen molar-refractivity contribution in [3.63, 3.8) is 0 Å². The largest absolute Gasteiger partial charge is 0.513 e. The van der Waals surface area contributed by atoms with Crippen molar-refractivity contribution < 1.29 is 14.3 Å². The fourth-order valence-corrected chi connectivity index (χ4v) is 2.44. The van der Waals surface area contributed by atoms with Gasteiger partial charge in [0.05, 0.1) is 6.61 Å². The lowest BCUT2D eigenvalue weighted by atomic mass is 10.0. The zero-order valence-corrected chi connectivity index (χ0v) is 14.8. The van der Waals surface area contributed by atoms with Crippen LogP contribution in [-0.4, -0.2) is 12.8 Å². The van der Waals surface area contributed by atoms with Crippen LogP contribution in [0, 0.1) is 0 Å². The molecule has 3 nitrogen and oxygen atoms in total. The zero-order chi connectivity index (χ0) is 16.8. The van der Waals surface area contributed by atoms with E-state index in [2.05, 4.69) is 13.8 Å². The lowest BCUT2D eigenvalue weighted by Crippen LogP contribution is -2.11. The van der Waals surface area contributed by atoms with Crippen LogP contribution in [0.2, 0.25) is 0 Å². The third-order valence-electron chi connectivity index (χ3n) is 3.91. The highest BCUT2D eigenvalue weighted by Gasteiger charge is 2.05. The van der Waals surface area contributed by atoms with E-state index >= 15 is 0 Å². The standard InChI is InChI=1S/C20H32O3/c1-3-5-7-8-9-10-11-12-18-13-15-19(16-14-18)23-20(21)22-17-6-4-2/h13-16H,3-12,17H2,1-2H3. The molecule has 0 spiro atoms. The lowest BCUT2D eigenvalue weighted by molar-refractivity contribution is 0.0978. The molecule has 0 bridgehead atoms. The van der Waals surface area contributed by atoms with Crippen LogP contribution in [0.25, 0.3) is 0 Å². The Balaban J connectivity index is 2.16. The predicted octanol–water partition coefficient (Wildman–Crippen LogP) is 6.30. The molecular formula is C20H32O3. The van der Waals surface area contributed by atoms with Crippen molar-refractivity contribution in [3.05, 3.63) is 29.8 Å². The number of aryl methyl sites for hydroxylation is 1. The molecule has 0 radical (unpaired) electrons. The van der Waals surface area contributed by atoms with Gasteiger partial charge >= 0.3 is 6.16 Å². The van der Waals surface area contributed by atoms with Gasteiger partial charge in [-0.2, -0.15) is 0 Å². The van der Waals surface area contributed by atoms with Gasteiger partial charge in [-0.05, 0) is 37.0 Å². The fraction of sp³-hybridized carbons (Fsp3) is 0.650. The number of carbonyl (C=O) groups excluding carboxylic acids is 1. The van der Waals surface area contributed by atoms with Crippen molar-refractivity contribution in [1.29, 1.82) is 0 Å². The second-order valence-corrected chi connectivity index (χ2v) is 6.07. The van der Waals surface area contributed by atoms with Crippen LogP contribution in [0.4, 0.5) is 4.79 Å². The minimum absolute atomic E-state index is 0.422. The maximum absolute atomic E-state index is 11.4. The molecule has 1 rings (SSSR count). The van der Waals surface area contributed by atoms with E-state index in [1.807, 2.05) is 24.3 Å². The van der Waals surface area contributed by atoms with Crippen LogP contribution in [0.3, 0.4) is 0 Å². The molecule has 0 saturated carbocycles. The summed E-state index contributed by atoms with van der Waals surface area (Å²) in [6, 6.07) is 7.76. The third kappa shape index (κ3) is 9.98. The minimum Gasteiger partial charge on any atom is -0.434 e. The topological polar surface area (TPSA) is 35.5 Å². The average Bonchev–Trinajstić information content (AvgIpc) is 2.56. The summed E-state index contributed by atoms with van der Waals surface area (Å²) in [4.78, 5) is 11.4. The SMILES string of the molecule is CCCCCCCCCc1ccc(OC(=O)OCCCC)cc1. The summed E-state index contributed by atoms with van der Waals surface area (Å²) >= 11 is 0. The summed E-state index contributed by atoms with van der Waals surface area (Å²) < 4.78 is 10.1. The molecule has 1 aromatic carbocycles. The molecular weight excluding hydrogens is 288 g/mol. The summed E-state index contributed by atoms with van der Waals surface area (Å²) in [6.45, 7) is 4.72. The molecule has 3 heteroatoms. The minimum atomic E-state index is -0.613. The molecule has 1 aromatic rings. The van der Waals surface area contributed by atoms with Gasteiger partial charge in [-0.25, -0.2) is 4.79 Å². The van der Waals surface area contributed by atoms with Crippen LogP contribution in [0.1, 0.15) is 77.2 Å². The molecule has 0 heterocycles. The van der Waals surface area contributed by atoms with Gasteiger partial charge < -0.3 is 9.47 Å². The molecule has 0 unspecified atom stereocenters. The van der Waals surface area contributed by atoms with Gasteiger partial charge in [0.15, 0.2) is 0 Å². The van der Waals surface area contributed by atoms with E-state index in [9.17, 15) is 4.79 Å². The van der Waals surface area contributed by atoms with Crippen molar-refractivity contribution in [2.24, 2.45) is 0 Å². The van der Waals surface area contributed by atoms with Crippen molar-refractivity contribution in [2.45, 2.75) is 78.1 Å². The monoisotopic (exact) mass is 320 g/mol. The molecule has 0 fully saturated rings. The first-order valence-electron chi connectivity index (χ1n) is 9.19. The molecule has 0 saturated heterocycles. The lowest BCUT2D eigenvalue weighted by Gasteiger charge is -2.06. The van der Waals surface area contributed by atoms with Gasteiger partial charge in [0, 0.05) is 0 Å². The van der Waals surface area contributed by atoms with E-state index in [4.69, 9.17) is 9.47 Å². The van der Waals surface area contributed by atoms with E-state index in [-0.39, 0.29) is 0 Å². The highest BCUT2D eigenvalue weighted by molar-refractivity contribution is 5.63. The summed E-state index contributed by atoms with van der Waals surface area (Å²) in [5, 5.41) is 0. The van der Waals surface area contributed by atoms with Crippen LogP contribution in [0.15, 0.2) is 24.3 Å². The number of hydrogen-bond acceptors (Lipinski definition) is 3. The molecule has 0 aliphatic rings. The number of ether oxygens (including phenoxy) is 2. The second-order valence-electron chi connectivity index (χ2n) is 6.07. The van der Waals surface area contributed by atoms with E-state index in [1.165, 1.54) is 50.5 Å². The Morgan fingerprint density at radius 1 is 0.826 bits per heavy atom. The van der Waals surface area contributed by atoms with Gasteiger partial charge in [0.25, 0.3) is 0 Å². The molecule has 0 aromatic heterocycles. The molecule has 0 atom stereocenters. The van der Waals surface area contributed by atoms with Crippen molar-refractivity contribution in [2.75, 3.05) is 6.61 Å². The van der Waals surface area contributed by atoms with Crippen molar-refractivity contribution in [3.8, 4) is 5.75 Å². The quantitative estimate of drug-likeness (QED) is 0.258. The van der Waals surface area contributed by atoms with Crippen molar-refractivity contribution >= 4 is 6.16 Å². The normalized spacial score (nSPS) is 10.5. The van der Waals surface area contributed by atoms with E-state index in [1.54, 1.807) is 0 Å². The molecule has 0 N–H and O–H groups in total. The van der Waals surface area contributed by atoms with Crippen LogP contribution < -0.4 is 4.74 Å². The first-order valence-corrected chi connectivity index (χ1v) is 9.19. The van der Waals surface area contributed by atoms with Gasteiger partial charge in [0.1, 0.15) is 5.75 Å². The highest BCUT2D eigenvalue weighted by atomic mass is 16.7. The number of unbranched alkanes of at least 4 members (excludes halogenated alkanes) is 7. The second kappa shape index (κ2) is 13.0. The van der Waals surface area contributed by atoms with Crippen LogP contribution in [0.5, 0.6) is 5.75 Å². The summed E-state index contributed by atoms with van der Waals surface area (Å²) in [7, 11) is 0. The molecule has 0 aliphatic carbocycles. The maximum atomic E-state index is 11.4. The average molecular weight is 320 g/mol. The molecule has 0 aliphatic heterocycles. The van der Waals surface area contributed by atoms with Gasteiger partial charge in [-0.1, -0.05) is 70.9 Å². The van der Waals surface area contributed by atoms with Gasteiger partial charge in [0.2, 0.25) is 0 Å². The zero-order valence-electron chi connectivity index (χ0n) is 14.8. The molecule has 130 valence electrons. The summed E-state index contributed by atoms with van der Waals surface area (Å²) in [5.74, 6) is 0.551. The highest BCUT2D eigenvalue weighted by Crippen LogP contribution is 2.16. The van der Waals surface area contributed by atoms with Crippen LogP contribution >= 0.6 is 0 Å². The Labute approximate surface area is 141 Å². The predicted molar refractivity (Wildman–Crippen MR) is 95.0 cm³/mol. The smallest absolute Gasteiger partial charge is 0.434 e. The number of rotatable bonds is 12. The Hall–Kier alpha value is -1.51. The van der Waals surface area contributed by atoms with Crippen molar-refractivity contribution in [1.82, 2.24) is 0 Å². The Kier molecular flexibility index (Phi) is 11.0. The van der Waals surface area contributed by atoms with Gasteiger partial charge in [-0.15, -0.1) is 0 Å². The van der Waals surface area contributed by atoms with E-state index in [0.29, 0.717) is 12.4 Å². The number of benzene rings is 1. The number of carbonyl (C=O) groups is 1. The maximum Gasteiger partial charge on any atom is 0.513 e. The molecule has 0 amide bonds. The number of hydrogen-bond donors (Lipinski definition) is 0. The van der Waals surface area contributed by atoms with Crippen LogP contribution in [-0.2, 0) is 11.2 Å². The Bertz CT molecular complexity index is 411. The third-order valence-corrected chi connectivity index (χ3v) is 3.91. The Morgan fingerprint density at radius 3 is 2.09 bits per heavy atom. The van der Waals surface area contributed by atoms with Gasteiger partial charge in [-0.3, -0.25) is 0 Å².